The second kappa shape index (κ2) is 6.64. The Bertz CT molecular complexity index is 668. The van der Waals surface area contributed by atoms with Crippen LogP contribution in [0, 0.1) is 13.8 Å². The van der Waals surface area contributed by atoms with Gasteiger partial charge in [-0.15, -0.1) is 0 Å². The van der Waals surface area contributed by atoms with E-state index < -0.39 is 0 Å². The van der Waals surface area contributed by atoms with Crippen molar-refractivity contribution in [3.8, 4) is 0 Å². The number of aryl methyl sites for hydroxylation is 2. The third-order valence-corrected chi connectivity index (χ3v) is 3.76. The first-order valence-electron chi connectivity index (χ1n) is 6.83. The molecule has 3 nitrogen and oxygen atoms in total. The fourth-order valence-corrected chi connectivity index (χ4v) is 2.31. The Hall–Kier alpha value is -2.00. The number of carbonyl (C=O) groups excluding carboxylic acids is 1. The lowest BCUT2D eigenvalue weighted by molar-refractivity contribution is 0.0963. The number of hydrogen-bond acceptors (Lipinski definition) is 2. The van der Waals surface area contributed by atoms with Gasteiger partial charge in [0.2, 0.25) is 0 Å². The van der Waals surface area contributed by atoms with Gasteiger partial charge in [0, 0.05) is 19.2 Å². The monoisotopic (exact) mass is 302 g/mol. The molecule has 0 unspecified atom stereocenters. The fraction of sp³-hybridized carbons (Fsp3) is 0.235. The summed E-state index contributed by atoms with van der Waals surface area (Å²) >= 11 is 6.19. The topological polar surface area (TPSA) is 41.1 Å². The third-order valence-electron chi connectivity index (χ3n) is 3.43. The molecule has 2 aromatic carbocycles. The lowest BCUT2D eigenvalue weighted by Gasteiger charge is -2.12. The molecule has 0 aliphatic rings. The molecule has 4 heteroatoms. The lowest BCUT2D eigenvalue weighted by atomic mass is 10.1. The number of benzene rings is 2. The summed E-state index contributed by atoms with van der Waals surface area (Å²) in [5, 5.41) is 6.52. The van der Waals surface area contributed by atoms with Crippen LogP contribution in [0.4, 0.5) is 5.69 Å². The normalized spacial score (nSPS) is 10.3. The van der Waals surface area contributed by atoms with E-state index in [2.05, 4.69) is 42.7 Å². The lowest BCUT2D eigenvalue weighted by Crippen LogP contribution is -2.17. The van der Waals surface area contributed by atoms with Gasteiger partial charge in [0.05, 0.1) is 10.7 Å². The summed E-state index contributed by atoms with van der Waals surface area (Å²) < 4.78 is 0. The van der Waals surface area contributed by atoms with Crippen LogP contribution < -0.4 is 10.6 Å². The zero-order chi connectivity index (χ0) is 15.4. The molecule has 0 aromatic heterocycles. The number of carbonyl (C=O) groups is 1. The Labute approximate surface area is 130 Å². The van der Waals surface area contributed by atoms with Crippen LogP contribution in [-0.4, -0.2) is 13.0 Å². The zero-order valence-electron chi connectivity index (χ0n) is 12.5. The molecule has 0 aliphatic heterocycles. The average Bonchev–Trinajstić information content (AvgIpc) is 2.48. The summed E-state index contributed by atoms with van der Waals surface area (Å²) in [6, 6.07) is 11.6. The van der Waals surface area contributed by atoms with Crippen molar-refractivity contribution < 1.29 is 4.79 Å². The molecule has 2 N–H and O–H groups in total. The Balaban J connectivity index is 2.19. The molecule has 0 atom stereocenters. The molecular weight excluding hydrogens is 284 g/mol. The minimum absolute atomic E-state index is 0.124. The molecular formula is C17H19ClN2O. The van der Waals surface area contributed by atoms with Crippen molar-refractivity contribution in [1.82, 2.24) is 5.32 Å². The Morgan fingerprint density at radius 2 is 1.90 bits per heavy atom. The van der Waals surface area contributed by atoms with E-state index in [0.717, 1.165) is 5.69 Å². The first-order valence-corrected chi connectivity index (χ1v) is 7.20. The first kappa shape index (κ1) is 15.4. The molecule has 0 saturated heterocycles. The second-order valence-electron chi connectivity index (χ2n) is 5.06. The fourth-order valence-electron chi connectivity index (χ4n) is 2.13. The Morgan fingerprint density at radius 1 is 1.14 bits per heavy atom. The molecule has 110 valence electrons. The van der Waals surface area contributed by atoms with Crippen molar-refractivity contribution >= 4 is 23.2 Å². The molecule has 1 amide bonds. The predicted octanol–water partition coefficient (Wildman–Crippen LogP) is 3.93. The average molecular weight is 303 g/mol. The maximum Gasteiger partial charge on any atom is 0.251 e. The van der Waals surface area contributed by atoms with Crippen LogP contribution in [-0.2, 0) is 6.54 Å². The molecule has 0 radical (unpaired) electrons. The van der Waals surface area contributed by atoms with Gasteiger partial charge < -0.3 is 10.6 Å². The molecule has 0 bridgehead atoms. The third kappa shape index (κ3) is 3.76. The highest BCUT2D eigenvalue weighted by molar-refractivity contribution is 6.33. The first-order chi connectivity index (χ1) is 10.0. The SMILES string of the molecule is CNC(=O)c1ccc(Cl)c(NCc2cc(C)ccc2C)c1. The van der Waals surface area contributed by atoms with E-state index in [-0.39, 0.29) is 5.91 Å². The van der Waals surface area contributed by atoms with E-state index in [4.69, 9.17) is 11.6 Å². The van der Waals surface area contributed by atoms with Crippen LogP contribution in [0.1, 0.15) is 27.0 Å². The molecule has 2 rings (SSSR count). The van der Waals surface area contributed by atoms with Crippen molar-refractivity contribution in [2.45, 2.75) is 20.4 Å². The number of halogens is 1. The molecule has 0 saturated carbocycles. The highest BCUT2D eigenvalue weighted by Gasteiger charge is 2.08. The number of amides is 1. The molecule has 0 heterocycles. The summed E-state index contributed by atoms with van der Waals surface area (Å²) in [5.74, 6) is -0.124. The smallest absolute Gasteiger partial charge is 0.251 e. The highest BCUT2D eigenvalue weighted by Crippen LogP contribution is 2.24. The van der Waals surface area contributed by atoms with Crippen molar-refractivity contribution in [3.63, 3.8) is 0 Å². The van der Waals surface area contributed by atoms with Gasteiger partial charge >= 0.3 is 0 Å². The van der Waals surface area contributed by atoms with Crippen molar-refractivity contribution in [1.29, 1.82) is 0 Å². The Morgan fingerprint density at radius 3 is 2.62 bits per heavy atom. The van der Waals surface area contributed by atoms with E-state index in [1.807, 2.05) is 0 Å². The molecule has 0 spiro atoms. The van der Waals surface area contributed by atoms with Crippen LogP contribution >= 0.6 is 11.6 Å². The Kier molecular flexibility index (Phi) is 4.86. The van der Waals surface area contributed by atoms with Crippen LogP contribution in [0.3, 0.4) is 0 Å². The van der Waals surface area contributed by atoms with E-state index in [0.29, 0.717) is 17.1 Å². The standard InChI is InChI=1S/C17H19ClN2O/c1-11-4-5-12(2)14(8-11)10-20-16-9-13(17(21)19-3)6-7-15(16)18/h4-9,20H,10H2,1-3H3,(H,19,21). The maximum absolute atomic E-state index is 11.7. The number of rotatable bonds is 4. The molecule has 2 aromatic rings. The summed E-state index contributed by atoms with van der Waals surface area (Å²) in [6.45, 7) is 4.82. The molecule has 0 fully saturated rings. The van der Waals surface area contributed by atoms with Gasteiger partial charge in [-0.2, -0.15) is 0 Å². The molecule has 0 aliphatic carbocycles. The summed E-state index contributed by atoms with van der Waals surface area (Å²) in [6.07, 6.45) is 0. The van der Waals surface area contributed by atoms with Gasteiger partial charge in [0.1, 0.15) is 0 Å². The van der Waals surface area contributed by atoms with E-state index >= 15 is 0 Å². The second-order valence-corrected chi connectivity index (χ2v) is 5.46. The highest BCUT2D eigenvalue weighted by atomic mass is 35.5. The predicted molar refractivity (Wildman–Crippen MR) is 88.1 cm³/mol. The quantitative estimate of drug-likeness (QED) is 0.898. The van der Waals surface area contributed by atoms with Gasteiger partial charge in [-0.1, -0.05) is 35.4 Å². The zero-order valence-corrected chi connectivity index (χ0v) is 13.2. The van der Waals surface area contributed by atoms with Gasteiger partial charge in [-0.25, -0.2) is 0 Å². The van der Waals surface area contributed by atoms with Gasteiger partial charge in [-0.3, -0.25) is 4.79 Å². The van der Waals surface area contributed by atoms with Crippen molar-refractivity contribution in [3.05, 3.63) is 63.7 Å². The van der Waals surface area contributed by atoms with Crippen LogP contribution in [0.5, 0.6) is 0 Å². The van der Waals surface area contributed by atoms with Gasteiger partial charge in [-0.05, 0) is 43.2 Å². The van der Waals surface area contributed by atoms with Crippen LogP contribution in [0.25, 0.3) is 0 Å². The largest absolute Gasteiger partial charge is 0.380 e. The van der Waals surface area contributed by atoms with Gasteiger partial charge in [0.25, 0.3) is 5.91 Å². The van der Waals surface area contributed by atoms with Crippen molar-refractivity contribution in [2.24, 2.45) is 0 Å². The van der Waals surface area contributed by atoms with Crippen LogP contribution in [0.2, 0.25) is 5.02 Å². The van der Waals surface area contributed by atoms with Crippen LogP contribution in [0.15, 0.2) is 36.4 Å². The summed E-state index contributed by atoms with van der Waals surface area (Å²) in [5.41, 5.74) is 5.02. The van der Waals surface area contributed by atoms with Gasteiger partial charge in [0.15, 0.2) is 0 Å². The molecule has 21 heavy (non-hydrogen) atoms. The van der Waals surface area contributed by atoms with Crippen molar-refractivity contribution in [2.75, 3.05) is 12.4 Å². The number of nitrogens with one attached hydrogen (secondary N) is 2. The van der Waals surface area contributed by atoms with E-state index in [1.54, 1.807) is 25.2 Å². The number of anilines is 1. The van der Waals surface area contributed by atoms with E-state index in [9.17, 15) is 4.79 Å². The summed E-state index contributed by atoms with van der Waals surface area (Å²) in [7, 11) is 1.61. The van der Waals surface area contributed by atoms with E-state index in [1.165, 1.54) is 16.7 Å². The summed E-state index contributed by atoms with van der Waals surface area (Å²) in [4.78, 5) is 11.7. The minimum atomic E-state index is -0.124. The number of hydrogen-bond donors (Lipinski definition) is 2. The minimum Gasteiger partial charge on any atom is -0.380 e. The maximum atomic E-state index is 11.7.